The Labute approximate surface area is 156 Å². The number of aromatic nitrogens is 4. The second-order valence-electron chi connectivity index (χ2n) is 6.29. The fourth-order valence-electron chi connectivity index (χ4n) is 3.09. The number of rotatable bonds is 5. The van der Waals surface area contributed by atoms with Crippen LogP contribution in [0.25, 0.3) is 16.9 Å². The van der Waals surface area contributed by atoms with Gasteiger partial charge in [-0.2, -0.15) is 9.61 Å². The monoisotopic (exact) mass is 357 g/mol. The van der Waals surface area contributed by atoms with Crippen molar-refractivity contribution in [1.29, 1.82) is 0 Å². The van der Waals surface area contributed by atoms with Crippen LogP contribution < -0.4 is 5.32 Å². The quantitative estimate of drug-likeness (QED) is 0.587. The minimum atomic E-state index is -0.163. The molecule has 2 aromatic carbocycles. The number of benzene rings is 2. The first-order valence-corrected chi connectivity index (χ1v) is 8.88. The molecule has 0 fully saturated rings. The van der Waals surface area contributed by atoms with Crippen molar-refractivity contribution in [3.63, 3.8) is 0 Å². The molecule has 1 unspecified atom stereocenters. The molecule has 0 aliphatic heterocycles. The van der Waals surface area contributed by atoms with Gasteiger partial charge in [0.2, 0.25) is 5.91 Å². The van der Waals surface area contributed by atoms with E-state index in [1.807, 2.05) is 73.7 Å². The standard InChI is InChI=1S/C21H19N5O/c1-2-18(15-6-4-3-5-7-15)21(27)23-17-10-8-16(9-11-17)19-12-13-20-24-22-14-26(20)25-19/h3-14,18H,2H2,1H3,(H,23,27). The molecule has 0 radical (unpaired) electrons. The van der Waals surface area contributed by atoms with Crippen molar-refractivity contribution < 1.29 is 4.79 Å². The van der Waals surface area contributed by atoms with E-state index < -0.39 is 0 Å². The van der Waals surface area contributed by atoms with E-state index in [4.69, 9.17) is 0 Å². The molecule has 6 heteroatoms. The van der Waals surface area contributed by atoms with Crippen molar-refractivity contribution in [1.82, 2.24) is 19.8 Å². The zero-order valence-electron chi connectivity index (χ0n) is 14.9. The summed E-state index contributed by atoms with van der Waals surface area (Å²) in [7, 11) is 0. The zero-order chi connectivity index (χ0) is 18.6. The first kappa shape index (κ1) is 16.9. The van der Waals surface area contributed by atoms with Crippen LogP contribution in [0, 0.1) is 0 Å². The van der Waals surface area contributed by atoms with E-state index >= 15 is 0 Å². The Balaban J connectivity index is 1.51. The van der Waals surface area contributed by atoms with Gasteiger partial charge in [-0.3, -0.25) is 4.79 Å². The average Bonchev–Trinajstić information content (AvgIpc) is 3.18. The fraction of sp³-hybridized carbons (Fsp3) is 0.143. The van der Waals surface area contributed by atoms with Crippen LogP contribution in [0.2, 0.25) is 0 Å². The Morgan fingerprint density at radius 2 is 1.81 bits per heavy atom. The van der Waals surface area contributed by atoms with Gasteiger partial charge >= 0.3 is 0 Å². The van der Waals surface area contributed by atoms with E-state index in [0.717, 1.165) is 28.9 Å². The summed E-state index contributed by atoms with van der Waals surface area (Å²) < 4.78 is 1.64. The Morgan fingerprint density at radius 1 is 1.04 bits per heavy atom. The number of nitrogens with zero attached hydrogens (tertiary/aromatic N) is 4. The summed E-state index contributed by atoms with van der Waals surface area (Å²) in [5, 5.41) is 15.3. The van der Waals surface area contributed by atoms with E-state index in [2.05, 4.69) is 20.6 Å². The molecule has 0 spiro atoms. The topological polar surface area (TPSA) is 72.2 Å². The molecule has 4 rings (SSSR count). The molecule has 0 aliphatic carbocycles. The molecule has 0 aliphatic rings. The first-order chi connectivity index (χ1) is 13.2. The number of hydrogen-bond donors (Lipinski definition) is 1. The second-order valence-corrected chi connectivity index (χ2v) is 6.29. The molecule has 0 bridgehead atoms. The van der Waals surface area contributed by atoms with Gasteiger partial charge in [-0.05, 0) is 36.2 Å². The normalized spacial score (nSPS) is 12.0. The van der Waals surface area contributed by atoms with Crippen molar-refractivity contribution in [2.24, 2.45) is 0 Å². The van der Waals surface area contributed by atoms with Gasteiger partial charge in [0.05, 0.1) is 11.6 Å². The molecule has 2 heterocycles. The van der Waals surface area contributed by atoms with Gasteiger partial charge < -0.3 is 5.32 Å². The van der Waals surface area contributed by atoms with Gasteiger partial charge in [0.25, 0.3) is 0 Å². The van der Waals surface area contributed by atoms with Crippen LogP contribution in [-0.4, -0.2) is 25.7 Å². The van der Waals surface area contributed by atoms with Crippen molar-refractivity contribution in [3.8, 4) is 11.3 Å². The predicted molar refractivity (Wildman–Crippen MR) is 104 cm³/mol. The highest BCUT2D eigenvalue weighted by atomic mass is 16.1. The first-order valence-electron chi connectivity index (χ1n) is 8.88. The van der Waals surface area contributed by atoms with Crippen LogP contribution in [0.4, 0.5) is 5.69 Å². The summed E-state index contributed by atoms with van der Waals surface area (Å²) in [5.41, 5.74) is 4.27. The third kappa shape index (κ3) is 3.55. The summed E-state index contributed by atoms with van der Waals surface area (Å²) in [6.07, 6.45) is 2.32. The highest BCUT2D eigenvalue weighted by Crippen LogP contribution is 2.23. The van der Waals surface area contributed by atoms with Crippen LogP contribution in [0.15, 0.2) is 73.1 Å². The lowest BCUT2D eigenvalue weighted by Gasteiger charge is -2.15. The Bertz CT molecular complexity index is 1060. The van der Waals surface area contributed by atoms with Crippen molar-refractivity contribution >= 4 is 17.2 Å². The lowest BCUT2D eigenvalue weighted by molar-refractivity contribution is -0.117. The molecular formula is C21H19N5O. The van der Waals surface area contributed by atoms with E-state index in [1.54, 1.807) is 10.8 Å². The van der Waals surface area contributed by atoms with Crippen LogP contribution in [0.1, 0.15) is 24.8 Å². The molecule has 27 heavy (non-hydrogen) atoms. The van der Waals surface area contributed by atoms with Crippen LogP contribution in [0.3, 0.4) is 0 Å². The third-order valence-electron chi connectivity index (χ3n) is 4.54. The molecule has 1 amide bonds. The van der Waals surface area contributed by atoms with Crippen LogP contribution in [0.5, 0.6) is 0 Å². The zero-order valence-corrected chi connectivity index (χ0v) is 14.9. The number of nitrogens with one attached hydrogen (secondary N) is 1. The molecule has 2 aromatic heterocycles. The SMILES string of the molecule is CCC(C(=O)Nc1ccc(-c2ccc3nncn3n2)cc1)c1ccccc1. The highest BCUT2D eigenvalue weighted by molar-refractivity contribution is 5.96. The molecular weight excluding hydrogens is 338 g/mol. The lowest BCUT2D eigenvalue weighted by Crippen LogP contribution is -2.20. The summed E-state index contributed by atoms with van der Waals surface area (Å²) in [6.45, 7) is 2.02. The van der Waals surface area contributed by atoms with Crippen LogP contribution in [-0.2, 0) is 4.79 Å². The largest absolute Gasteiger partial charge is 0.326 e. The minimum Gasteiger partial charge on any atom is -0.326 e. The Morgan fingerprint density at radius 3 is 2.56 bits per heavy atom. The molecule has 0 saturated heterocycles. The van der Waals surface area contributed by atoms with Gasteiger partial charge in [-0.25, -0.2) is 0 Å². The molecule has 1 N–H and O–H groups in total. The summed E-state index contributed by atoms with van der Waals surface area (Å²) in [5.74, 6) is -0.163. The fourth-order valence-corrected chi connectivity index (χ4v) is 3.09. The van der Waals surface area contributed by atoms with Gasteiger partial charge in [0.15, 0.2) is 5.65 Å². The number of amides is 1. The van der Waals surface area contributed by atoms with Crippen LogP contribution >= 0.6 is 0 Å². The molecule has 0 saturated carbocycles. The van der Waals surface area contributed by atoms with Crippen molar-refractivity contribution in [2.75, 3.05) is 5.32 Å². The van der Waals surface area contributed by atoms with Gasteiger partial charge in [0.1, 0.15) is 6.33 Å². The molecule has 134 valence electrons. The summed E-state index contributed by atoms with van der Waals surface area (Å²) in [6, 6.07) is 21.3. The van der Waals surface area contributed by atoms with Gasteiger partial charge in [-0.15, -0.1) is 10.2 Å². The third-order valence-corrected chi connectivity index (χ3v) is 4.54. The van der Waals surface area contributed by atoms with E-state index in [9.17, 15) is 4.79 Å². The maximum absolute atomic E-state index is 12.7. The Hall–Kier alpha value is -3.54. The average molecular weight is 357 g/mol. The lowest BCUT2D eigenvalue weighted by atomic mass is 9.95. The van der Waals surface area contributed by atoms with E-state index in [-0.39, 0.29) is 11.8 Å². The van der Waals surface area contributed by atoms with Gasteiger partial charge in [0, 0.05) is 11.3 Å². The second kappa shape index (κ2) is 7.37. The summed E-state index contributed by atoms with van der Waals surface area (Å²) >= 11 is 0. The smallest absolute Gasteiger partial charge is 0.231 e. The summed E-state index contributed by atoms with van der Waals surface area (Å²) in [4.78, 5) is 12.7. The van der Waals surface area contributed by atoms with Crippen molar-refractivity contribution in [2.45, 2.75) is 19.3 Å². The maximum atomic E-state index is 12.7. The molecule has 4 aromatic rings. The number of hydrogen-bond acceptors (Lipinski definition) is 4. The van der Waals surface area contributed by atoms with Gasteiger partial charge in [-0.1, -0.05) is 49.4 Å². The highest BCUT2D eigenvalue weighted by Gasteiger charge is 2.18. The van der Waals surface area contributed by atoms with Crippen molar-refractivity contribution in [3.05, 3.63) is 78.6 Å². The number of carbonyl (C=O) groups excluding carboxylic acids is 1. The maximum Gasteiger partial charge on any atom is 0.231 e. The van der Waals surface area contributed by atoms with E-state index in [0.29, 0.717) is 5.65 Å². The number of anilines is 1. The Kier molecular flexibility index (Phi) is 4.61. The predicted octanol–water partition coefficient (Wildman–Crippen LogP) is 3.92. The number of carbonyl (C=O) groups is 1. The number of fused-ring (bicyclic) bond motifs is 1. The molecule has 6 nitrogen and oxygen atoms in total. The molecule has 1 atom stereocenters. The minimum absolute atomic E-state index is 0.000449. The van der Waals surface area contributed by atoms with E-state index in [1.165, 1.54) is 0 Å².